The second-order valence-corrected chi connectivity index (χ2v) is 3.60. The Kier molecular flexibility index (Phi) is 3.10. The van der Waals surface area contributed by atoms with Gasteiger partial charge in [0.2, 0.25) is 0 Å². The van der Waals surface area contributed by atoms with Crippen LogP contribution in [-0.4, -0.2) is 5.78 Å². The van der Waals surface area contributed by atoms with E-state index in [1.807, 2.05) is 6.92 Å². The molecular weight excluding hydrogens is 136 g/mol. The van der Waals surface area contributed by atoms with Crippen LogP contribution in [0, 0.1) is 11.8 Å². The van der Waals surface area contributed by atoms with E-state index in [4.69, 9.17) is 0 Å². The Balaban J connectivity index is 2.35. The van der Waals surface area contributed by atoms with Crippen LogP contribution in [0.4, 0.5) is 0 Å². The van der Waals surface area contributed by atoms with Gasteiger partial charge >= 0.3 is 0 Å². The number of ketones is 1. The molecule has 1 rings (SSSR count). The summed E-state index contributed by atoms with van der Waals surface area (Å²) >= 11 is 0. The van der Waals surface area contributed by atoms with E-state index in [0.717, 1.165) is 18.8 Å². The topological polar surface area (TPSA) is 17.1 Å². The molecule has 0 aromatic rings. The van der Waals surface area contributed by atoms with Gasteiger partial charge in [-0.15, -0.1) is 0 Å². The zero-order valence-corrected chi connectivity index (χ0v) is 7.60. The molecule has 11 heavy (non-hydrogen) atoms. The molecule has 0 N–H and O–H groups in total. The maximum absolute atomic E-state index is 11.3. The zero-order valence-electron chi connectivity index (χ0n) is 7.60. The molecule has 0 amide bonds. The van der Waals surface area contributed by atoms with Crippen molar-refractivity contribution < 1.29 is 4.79 Å². The van der Waals surface area contributed by atoms with Gasteiger partial charge in [0.05, 0.1) is 0 Å². The van der Waals surface area contributed by atoms with Crippen molar-refractivity contribution in [3.63, 3.8) is 0 Å². The van der Waals surface area contributed by atoms with Gasteiger partial charge in [0.1, 0.15) is 5.78 Å². The minimum Gasteiger partial charge on any atom is -0.299 e. The second-order valence-electron chi connectivity index (χ2n) is 3.60. The van der Waals surface area contributed by atoms with Crippen molar-refractivity contribution in [1.82, 2.24) is 0 Å². The smallest absolute Gasteiger partial charge is 0.135 e. The summed E-state index contributed by atoms with van der Waals surface area (Å²) in [6, 6.07) is 0. The third-order valence-corrected chi connectivity index (χ3v) is 2.92. The van der Waals surface area contributed by atoms with Crippen molar-refractivity contribution in [2.75, 3.05) is 0 Å². The average Bonchev–Trinajstić information content (AvgIpc) is 2.50. The van der Waals surface area contributed by atoms with Crippen LogP contribution in [0.15, 0.2) is 0 Å². The number of rotatable bonds is 3. The van der Waals surface area contributed by atoms with Crippen LogP contribution in [-0.2, 0) is 4.79 Å². The van der Waals surface area contributed by atoms with Crippen molar-refractivity contribution in [3.05, 3.63) is 0 Å². The molecule has 1 nitrogen and oxygen atoms in total. The van der Waals surface area contributed by atoms with E-state index in [-0.39, 0.29) is 0 Å². The lowest BCUT2D eigenvalue weighted by atomic mass is 9.98. The number of carbonyl (C=O) groups is 1. The molecule has 1 aliphatic rings. The van der Waals surface area contributed by atoms with Gasteiger partial charge in [-0.2, -0.15) is 0 Å². The predicted octanol–water partition coefficient (Wildman–Crippen LogP) is 2.79. The van der Waals surface area contributed by atoms with Gasteiger partial charge in [-0.05, 0) is 25.2 Å². The van der Waals surface area contributed by atoms with Gasteiger partial charge in [0, 0.05) is 12.3 Å². The number of carbonyl (C=O) groups excluding carboxylic acids is 1. The van der Waals surface area contributed by atoms with Gasteiger partial charge in [-0.25, -0.2) is 0 Å². The zero-order chi connectivity index (χ0) is 8.27. The summed E-state index contributed by atoms with van der Waals surface area (Å²) < 4.78 is 0. The molecule has 0 saturated heterocycles. The quantitative estimate of drug-likeness (QED) is 0.611. The maximum atomic E-state index is 11.3. The summed E-state index contributed by atoms with van der Waals surface area (Å²) in [5, 5.41) is 0. The van der Waals surface area contributed by atoms with Crippen LogP contribution in [0.1, 0.15) is 46.0 Å². The van der Waals surface area contributed by atoms with Crippen LogP contribution in [0.3, 0.4) is 0 Å². The van der Waals surface area contributed by atoms with Crippen LogP contribution in [0.25, 0.3) is 0 Å². The van der Waals surface area contributed by atoms with E-state index in [0.29, 0.717) is 11.7 Å². The monoisotopic (exact) mass is 154 g/mol. The Labute approximate surface area is 69.2 Å². The fourth-order valence-electron chi connectivity index (χ4n) is 2.03. The fraction of sp³-hybridized carbons (Fsp3) is 0.900. The van der Waals surface area contributed by atoms with Gasteiger partial charge in [-0.1, -0.05) is 20.3 Å². The van der Waals surface area contributed by atoms with E-state index >= 15 is 0 Å². The molecule has 1 saturated carbocycles. The first-order valence-corrected chi connectivity index (χ1v) is 4.80. The van der Waals surface area contributed by atoms with Crippen LogP contribution in [0.2, 0.25) is 0 Å². The molecule has 2 atom stereocenters. The van der Waals surface area contributed by atoms with Gasteiger partial charge in [0.25, 0.3) is 0 Å². The molecule has 2 unspecified atom stereocenters. The number of Topliss-reactive ketones (excluding diaryl/α,β-unsaturated/α-hetero) is 1. The summed E-state index contributed by atoms with van der Waals surface area (Å²) in [6.07, 6.45) is 5.61. The standard InChI is InChI=1S/C10H18O/c1-3-8-5-6-9(7-8)10(11)4-2/h8-9H,3-7H2,1-2H3. The lowest BCUT2D eigenvalue weighted by Gasteiger charge is -2.06. The molecule has 0 radical (unpaired) electrons. The molecule has 0 aromatic carbocycles. The number of hydrogen-bond donors (Lipinski definition) is 0. The lowest BCUT2D eigenvalue weighted by Crippen LogP contribution is -2.09. The van der Waals surface area contributed by atoms with Crippen LogP contribution >= 0.6 is 0 Å². The predicted molar refractivity (Wildman–Crippen MR) is 46.4 cm³/mol. The molecule has 0 aromatic heterocycles. The van der Waals surface area contributed by atoms with Crippen molar-refractivity contribution in [2.45, 2.75) is 46.0 Å². The molecule has 1 heteroatoms. The highest BCUT2D eigenvalue weighted by molar-refractivity contribution is 5.80. The lowest BCUT2D eigenvalue weighted by molar-refractivity contribution is -0.122. The third kappa shape index (κ3) is 2.05. The van der Waals surface area contributed by atoms with E-state index in [9.17, 15) is 4.79 Å². The van der Waals surface area contributed by atoms with Gasteiger partial charge < -0.3 is 0 Å². The molecule has 1 fully saturated rings. The molecule has 0 aliphatic heterocycles. The van der Waals surface area contributed by atoms with Crippen LogP contribution in [0.5, 0.6) is 0 Å². The Morgan fingerprint density at radius 1 is 1.36 bits per heavy atom. The first-order valence-electron chi connectivity index (χ1n) is 4.80. The SMILES string of the molecule is CCC(=O)C1CCC(CC)C1. The van der Waals surface area contributed by atoms with Crippen molar-refractivity contribution >= 4 is 5.78 Å². The largest absolute Gasteiger partial charge is 0.299 e. The summed E-state index contributed by atoms with van der Waals surface area (Å²) in [4.78, 5) is 11.3. The van der Waals surface area contributed by atoms with Crippen molar-refractivity contribution in [2.24, 2.45) is 11.8 Å². The first-order chi connectivity index (χ1) is 5.27. The number of hydrogen-bond acceptors (Lipinski definition) is 1. The minimum absolute atomic E-state index is 0.421. The highest BCUT2D eigenvalue weighted by Crippen LogP contribution is 2.33. The van der Waals surface area contributed by atoms with Gasteiger partial charge in [-0.3, -0.25) is 4.79 Å². The van der Waals surface area contributed by atoms with E-state index < -0.39 is 0 Å². The molecule has 64 valence electrons. The first kappa shape index (κ1) is 8.76. The van der Waals surface area contributed by atoms with Crippen LogP contribution < -0.4 is 0 Å². The van der Waals surface area contributed by atoms with Gasteiger partial charge in [0.15, 0.2) is 0 Å². The summed E-state index contributed by atoms with van der Waals surface area (Å²) in [6.45, 7) is 4.20. The Hall–Kier alpha value is -0.330. The molecule has 0 spiro atoms. The molecule has 0 heterocycles. The Morgan fingerprint density at radius 3 is 2.55 bits per heavy atom. The third-order valence-electron chi connectivity index (χ3n) is 2.92. The summed E-state index contributed by atoms with van der Waals surface area (Å²) in [7, 11) is 0. The average molecular weight is 154 g/mol. The van der Waals surface area contributed by atoms with E-state index in [1.54, 1.807) is 0 Å². The fourth-order valence-corrected chi connectivity index (χ4v) is 2.03. The van der Waals surface area contributed by atoms with E-state index in [2.05, 4.69) is 6.92 Å². The molecular formula is C10H18O. The maximum Gasteiger partial charge on any atom is 0.135 e. The Bertz CT molecular complexity index is 140. The highest BCUT2D eigenvalue weighted by atomic mass is 16.1. The molecule has 1 aliphatic carbocycles. The van der Waals surface area contributed by atoms with E-state index in [1.165, 1.54) is 19.3 Å². The summed E-state index contributed by atoms with van der Waals surface area (Å²) in [5.41, 5.74) is 0. The summed E-state index contributed by atoms with van der Waals surface area (Å²) in [5.74, 6) is 1.75. The van der Waals surface area contributed by atoms with Crippen molar-refractivity contribution in [3.8, 4) is 0 Å². The Morgan fingerprint density at radius 2 is 2.09 bits per heavy atom. The molecule has 0 bridgehead atoms. The highest BCUT2D eigenvalue weighted by Gasteiger charge is 2.27. The second kappa shape index (κ2) is 3.89. The minimum atomic E-state index is 0.421. The van der Waals surface area contributed by atoms with Crippen molar-refractivity contribution in [1.29, 1.82) is 0 Å². The normalized spacial score (nSPS) is 30.7.